The maximum absolute atomic E-state index is 11.0. The number of benzene rings is 2. The second-order valence-corrected chi connectivity index (χ2v) is 6.71. The first-order valence-corrected chi connectivity index (χ1v) is 9.24. The first kappa shape index (κ1) is 19.0. The molecule has 1 saturated heterocycles. The molecular formula is C22H25NO4. The van der Waals surface area contributed by atoms with Crippen LogP contribution in [0, 0.1) is 0 Å². The molecular weight excluding hydrogens is 342 g/mol. The second kappa shape index (κ2) is 9.24. The second-order valence-electron chi connectivity index (χ2n) is 6.71. The molecule has 142 valence electrons. The fraction of sp³-hybridized carbons (Fsp3) is 0.318. The third kappa shape index (κ3) is 5.34. The molecule has 0 saturated carbocycles. The smallest absolute Gasteiger partial charge is 0.407 e. The van der Waals surface area contributed by atoms with Crippen molar-refractivity contribution in [1.82, 2.24) is 4.90 Å². The standard InChI is InChI=1S/C22H25NO4/c24-21-16-23(22(25)26)14-13-20(21)18-9-11-19(12-10-18)27-15-5-4-8-17-6-2-1-3-7-17/h1-4,6-12,20-21,24H,5,13-16H2,(H,25,26). The molecule has 0 aromatic heterocycles. The van der Waals surface area contributed by atoms with Crippen molar-refractivity contribution in [2.45, 2.75) is 24.9 Å². The molecule has 0 bridgehead atoms. The van der Waals surface area contributed by atoms with Gasteiger partial charge in [0.2, 0.25) is 0 Å². The normalized spacial score (nSPS) is 20.0. The van der Waals surface area contributed by atoms with E-state index in [-0.39, 0.29) is 12.5 Å². The zero-order chi connectivity index (χ0) is 19.1. The molecule has 1 aliphatic heterocycles. The van der Waals surface area contributed by atoms with Gasteiger partial charge in [0, 0.05) is 12.5 Å². The monoisotopic (exact) mass is 367 g/mol. The fourth-order valence-electron chi connectivity index (χ4n) is 3.33. The lowest BCUT2D eigenvalue weighted by Gasteiger charge is -2.34. The Kier molecular flexibility index (Phi) is 6.49. The number of β-amino-alcohol motifs (C(OH)–C–C–N with tert-alkyl or cyclic N) is 1. The van der Waals surface area contributed by atoms with Gasteiger partial charge < -0.3 is 19.8 Å². The summed E-state index contributed by atoms with van der Waals surface area (Å²) in [6, 6.07) is 17.9. The summed E-state index contributed by atoms with van der Waals surface area (Å²) in [6.45, 7) is 1.21. The van der Waals surface area contributed by atoms with Gasteiger partial charge in [0.1, 0.15) is 5.75 Å². The number of hydrogen-bond acceptors (Lipinski definition) is 3. The zero-order valence-corrected chi connectivity index (χ0v) is 15.2. The van der Waals surface area contributed by atoms with Gasteiger partial charge in [-0.05, 0) is 36.1 Å². The van der Waals surface area contributed by atoms with E-state index < -0.39 is 12.2 Å². The molecule has 2 atom stereocenters. The number of nitrogens with zero attached hydrogens (tertiary/aromatic N) is 1. The summed E-state index contributed by atoms with van der Waals surface area (Å²) < 4.78 is 5.76. The highest BCUT2D eigenvalue weighted by Gasteiger charge is 2.30. The van der Waals surface area contributed by atoms with Crippen molar-refractivity contribution in [2.75, 3.05) is 19.7 Å². The third-order valence-electron chi connectivity index (χ3n) is 4.82. The van der Waals surface area contributed by atoms with Crippen molar-refractivity contribution in [2.24, 2.45) is 0 Å². The molecule has 0 radical (unpaired) electrons. The molecule has 2 aromatic carbocycles. The number of likely N-dealkylation sites (tertiary alicyclic amines) is 1. The van der Waals surface area contributed by atoms with Crippen molar-refractivity contribution in [3.63, 3.8) is 0 Å². The molecule has 2 aromatic rings. The number of carboxylic acid groups (broad SMARTS) is 1. The molecule has 2 unspecified atom stereocenters. The van der Waals surface area contributed by atoms with E-state index in [4.69, 9.17) is 9.84 Å². The van der Waals surface area contributed by atoms with Crippen LogP contribution in [-0.4, -0.2) is 47.0 Å². The van der Waals surface area contributed by atoms with Crippen LogP contribution in [0.4, 0.5) is 4.79 Å². The minimum absolute atomic E-state index is 0.0385. The molecule has 3 rings (SSSR count). The summed E-state index contributed by atoms with van der Waals surface area (Å²) in [6.07, 6.45) is 3.97. The summed E-state index contributed by atoms with van der Waals surface area (Å²) in [7, 11) is 0. The van der Waals surface area contributed by atoms with E-state index in [1.54, 1.807) is 0 Å². The van der Waals surface area contributed by atoms with E-state index in [1.807, 2.05) is 42.5 Å². The first-order chi connectivity index (χ1) is 13.1. The van der Waals surface area contributed by atoms with Gasteiger partial charge >= 0.3 is 6.09 Å². The Morgan fingerprint density at radius 2 is 1.89 bits per heavy atom. The van der Waals surface area contributed by atoms with Crippen molar-refractivity contribution >= 4 is 12.2 Å². The van der Waals surface area contributed by atoms with E-state index in [2.05, 4.69) is 24.3 Å². The average molecular weight is 367 g/mol. The number of hydrogen-bond donors (Lipinski definition) is 2. The Hall–Kier alpha value is -2.79. The van der Waals surface area contributed by atoms with Crippen LogP contribution >= 0.6 is 0 Å². The minimum Gasteiger partial charge on any atom is -0.493 e. The lowest BCUT2D eigenvalue weighted by atomic mass is 9.87. The van der Waals surface area contributed by atoms with Crippen LogP contribution in [0.3, 0.4) is 0 Å². The Labute approximate surface area is 159 Å². The van der Waals surface area contributed by atoms with Crippen molar-refractivity contribution in [3.8, 4) is 5.75 Å². The topological polar surface area (TPSA) is 70.0 Å². The molecule has 1 heterocycles. The van der Waals surface area contributed by atoms with Crippen LogP contribution in [0.15, 0.2) is 60.7 Å². The summed E-state index contributed by atoms with van der Waals surface area (Å²) >= 11 is 0. The predicted octanol–water partition coefficient (Wildman–Crippen LogP) is 4.00. The Morgan fingerprint density at radius 1 is 1.15 bits per heavy atom. The maximum atomic E-state index is 11.0. The Balaban J connectivity index is 1.46. The summed E-state index contributed by atoms with van der Waals surface area (Å²) in [5.41, 5.74) is 2.19. The van der Waals surface area contributed by atoms with E-state index in [0.717, 1.165) is 17.7 Å². The van der Waals surface area contributed by atoms with E-state index in [1.165, 1.54) is 10.5 Å². The van der Waals surface area contributed by atoms with Gasteiger partial charge in [0.05, 0.1) is 19.3 Å². The Bertz CT molecular complexity index is 758. The fourth-order valence-corrected chi connectivity index (χ4v) is 3.33. The number of aliphatic hydroxyl groups is 1. The molecule has 5 nitrogen and oxygen atoms in total. The number of aliphatic hydroxyl groups excluding tert-OH is 1. The van der Waals surface area contributed by atoms with Crippen LogP contribution in [0.5, 0.6) is 5.75 Å². The SMILES string of the molecule is O=C(O)N1CCC(c2ccc(OCCC=Cc3ccccc3)cc2)C(O)C1. The van der Waals surface area contributed by atoms with Gasteiger partial charge in [-0.2, -0.15) is 0 Å². The molecule has 27 heavy (non-hydrogen) atoms. The highest BCUT2D eigenvalue weighted by Crippen LogP contribution is 2.29. The number of piperidine rings is 1. The van der Waals surface area contributed by atoms with Crippen LogP contribution in [0.2, 0.25) is 0 Å². The molecule has 5 heteroatoms. The molecule has 0 spiro atoms. The van der Waals surface area contributed by atoms with Gasteiger partial charge in [-0.25, -0.2) is 4.79 Å². The molecule has 0 aliphatic carbocycles. The van der Waals surface area contributed by atoms with Crippen molar-refractivity contribution < 1.29 is 19.7 Å². The number of amides is 1. The van der Waals surface area contributed by atoms with Gasteiger partial charge in [-0.1, -0.05) is 54.6 Å². The average Bonchev–Trinajstić information content (AvgIpc) is 2.69. The summed E-state index contributed by atoms with van der Waals surface area (Å²) in [4.78, 5) is 12.3. The molecule has 2 N–H and O–H groups in total. The van der Waals surface area contributed by atoms with E-state index in [9.17, 15) is 9.90 Å². The van der Waals surface area contributed by atoms with Gasteiger partial charge in [0.15, 0.2) is 0 Å². The lowest BCUT2D eigenvalue weighted by Crippen LogP contribution is -2.45. The summed E-state index contributed by atoms with van der Waals surface area (Å²) in [5.74, 6) is 0.757. The number of rotatable bonds is 6. The van der Waals surface area contributed by atoms with Crippen LogP contribution < -0.4 is 4.74 Å². The largest absolute Gasteiger partial charge is 0.493 e. The summed E-state index contributed by atoms with van der Waals surface area (Å²) in [5, 5.41) is 19.3. The van der Waals surface area contributed by atoms with Crippen molar-refractivity contribution in [1.29, 1.82) is 0 Å². The lowest BCUT2D eigenvalue weighted by molar-refractivity contribution is 0.0504. The van der Waals surface area contributed by atoms with Gasteiger partial charge in [-0.15, -0.1) is 0 Å². The molecule has 1 aliphatic rings. The van der Waals surface area contributed by atoms with E-state index >= 15 is 0 Å². The van der Waals surface area contributed by atoms with Gasteiger partial charge in [0.25, 0.3) is 0 Å². The number of ether oxygens (including phenoxy) is 1. The quantitative estimate of drug-likeness (QED) is 0.757. The molecule has 1 fully saturated rings. The predicted molar refractivity (Wildman–Crippen MR) is 105 cm³/mol. The highest BCUT2D eigenvalue weighted by molar-refractivity contribution is 5.65. The van der Waals surface area contributed by atoms with Crippen LogP contribution in [-0.2, 0) is 0 Å². The first-order valence-electron chi connectivity index (χ1n) is 9.24. The van der Waals surface area contributed by atoms with E-state index in [0.29, 0.717) is 19.6 Å². The number of carbonyl (C=O) groups is 1. The molecule has 1 amide bonds. The van der Waals surface area contributed by atoms with Crippen LogP contribution in [0.25, 0.3) is 6.08 Å². The Morgan fingerprint density at radius 3 is 2.56 bits per heavy atom. The third-order valence-corrected chi connectivity index (χ3v) is 4.82. The minimum atomic E-state index is -0.974. The highest BCUT2D eigenvalue weighted by atomic mass is 16.5. The maximum Gasteiger partial charge on any atom is 0.407 e. The zero-order valence-electron chi connectivity index (χ0n) is 15.2. The van der Waals surface area contributed by atoms with Crippen molar-refractivity contribution in [3.05, 3.63) is 71.8 Å². The van der Waals surface area contributed by atoms with Gasteiger partial charge in [-0.3, -0.25) is 0 Å². The van der Waals surface area contributed by atoms with Crippen LogP contribution in [0.1, 0.15) is 29.9 Å².